The summed E-state index contributed by atoms with van der Waals surface area (Å²) in [7, 11) is 0. The predicted octanol–water partition coefficient (Wildman–Crippen LogP) is 3.27. The van der Waals surface area contributed by atoms with E-state index in [0.29, 0.717) is 0 Å². The van der Waals surface area contributed by atoms with E-state index < -0.39 is 0 Å². The maximum absolute atomic E-state index is 3.00. The first-order valence-electron chi connectivity index (χ1n) is 2.29. The summed E-state index contributed by atoms with van der Waals surface area (Å²) in [4.78, 5) is 1.97. The van der Waals surface area contributed by atoms with Crippen molar-refractivity contribution in [3.8, 4) is 0 Å². The van der Waals surface area contributed by atoms with Gasteiger partial charge in [-0.15, -0.1) is 13.2 Å². The van der Waals surface area contributed by atoms with E-state index in [2.05, 4.69) is 49.6 Å². The van der Waals surface area contributed by atoms with Gasteiger partial charge in [-0.3, -0.25) is 0 Å². The summed E-state index contributed by atoms with van der Waals surface area (Å²) in [6, 6.07) is 0. The van der Waals surface area contributed by atoms with Crippen LogP contribution in [0.25, 0.3) is 0 Å². The van der Waals surface area contributed by atoms with Crippen LogP contribution in [0.3, 0.4) is 0 Å². The van der Waals surface area contributed by atoms with Crippen molar-refractivity contribution >= 4 is 22.6 Å². The predicted molar refractivity (Wildman–Crippen MR) is 47.2 cm³/mol. The summed E-state index contributed by atoms with van der Waals surface area (Å²) in [5.74, 6) is 0. The standard InChI is InChI=1S/C3H8.C2H4.CH3I/c1-3-2;2*1-2/h3H2,1-2H3;1-2H2;1H3. The van der Waals surface area contributed by atoms with Crippen molar-refractivity contribution in [3.05, 3.63) is 13.2 Å². The molecule has 0 amide bonds. The van der Waals surface area contributed by atoms with E-state index in [9.17, 15) is 0 Å². The highest BCUT2D eigenvalue weighted by molar-refractivity contribution is 14.1. The zero-order chi connectivity index (χ0) is 6.71. The first-order chi connectivity index (χ1) is 3.41. The van der Waals surface area contributed by atoms with Gasteiger partial charge in [-0.2, -0.15) is 0 Å². The molecule has 7 heavy (non-hydrogen) atoms. The van der Waals surface area contributed by atoms with Crippen molar-refractivity contribution in [3.63, 3.8) is 0 Å². The largest absolute Gasteiger partial charge is 0.106 e. The molecule has 0 fully saturated rings. The number of rotatable bonds is 0. The molecule has 0 aromatic rings. The summed E-state index contributed by atoms with van der Waals surface area (Å²) in [6.07, 6.45) is 1.25. The Morgan fingerprint density at radius 2 is 1.14 bits per heavy atom. The number of halogens is 1. The molecule has 0 saturated carbocycles. The van der Waals surface area contributed by atoms with Crippen LogP contribution in [-0.2, 0) is 0 Å². The van der Waals surface area contributed by atoms with Crippen LogP contribution in [0.2, 0.25) is 0 Å². The number of hydrogen-bond donors (Lipinski definition) is 0. The SMILES string of the molecule is C=C.CCC.CI. The highest BCUT2D eigenvalue weighted by Crippen LogP contribution is 1.56. The highest BCUT2D eigenvalue weighted by atomic mass is 127. The van der Waals surface area contributed by atoms with Gasteiger partial charge in [-0.05, 0) is 4.93 Å². The quantitative estimate of drug-likeness (QED) is 0.330. The fourth-order valence-corrected chi connectivity index (χ4v) is 0. The van der Waals surface area contributed by atoms with Crippen molar-refractivity contribution in [2.45, 2.75) is 20.3 Å². The average molecular weight is 214 g/mol. The smallest absolute Gasteiger partial charge is 0.0121 e. The molecule has 0 bridgehead atoms. The van der Waals surface area contributed by atoms with Crippen LogP contribution in [0.15, 0.2) is 13.2 Å². The lowest BCUT2D eigenvalue weighted by molar-refractivity contribution is 1.09. The van der Waals surface area contributed by atoms with Crippen molar-refractivity contribution < 1.29 is 0 Å². The third-order valence-corrected chi connectivity index (χ3v) is 0. The lowest BCUT2D eigenvalue weighted by Crippen LogP contribution is -1.27. The maximum Gasteiger partial charge on any atom is -0.0121 e. The van der Waals surface area contributed by atoms with E-state index >= 15 is 0 Å². The Morgan fingerprint density at radius 1 is 1.14 bits per heavy atom. The minimum atomic E-state index is 1.25. The minimum absolute atomic E-state index is 1.25. The van der Waals surface area contributed by atoms with E-state index in [1.807, 2.05) is 4.93 Å². The summed E-state index contributed by atoms with van der Waals surface area (Å²) in [5.41, 5.74) is 0. The van der Waals surface area contributed by atoms with Crippen LogP contribution in [0.1, 0.15) is 20.3 Å². The van der Waals surface area contributed by atoms with Gasteiger partial charge in [0.15, 0.2) is 0 Å². The minimum Gasteiger partial charge on any atom is -0.106 e. The van der Waals surface area contributed by atoms with Crippen LogP contribution in [0.4, 0.5) is 0 Å². The van der Waals surface area contributed by atoms with Crippen LogP contribution in [0.5, 0.6) is 0 Å². The Labute approximate surface area is 61.1 Å². The Balaban J connectivity index is -0.0000000360. The third-order valence-electron chi connectivity index (χ3n) is 0. The van der Waals surface area contributed by atoms with Gasteiger partial charge in [0, 0.05) is 0 Å². The lowest BCUT2D eigenvalue weighted by atomic mass is 10.6. The molecule has 0 spiro atoms. The number of alkyl halides is 1. The zero-order valence-corrected chi connectivity index (χ0v) is 7.66. The maximum atomic E-state index is 3.00. The summed E-state index contributed by atoms with van der Waals surface area (Å²) >= 11 is 2.15. The second kappa shape index (κ2) is 89.6. The molecule has 0 rings (SSSR count). The van der Waals surface area contributed by atoms with Gasteiger partial charge in [0.25, 0.3) is 0 Å². The van der Waals surface area contributed by atoms with Gasteiger partial charge >= 0.3 is 0 Å². The molecule has 0 nitrogen and oxygen atoms in total. The molecule has 0 aliphatic carbocycles. The zero-order valence-electron chi connectivity index (χ0n) is 5.50. The van der Waals surface area contributed by atoms with Crippen LogP contribution >= 0.6 is 22.6 Å². The first-order valence-corrected chi connectivity index (χ1v) is 4.45. The molecule has 1 heteroatoms. The number of hydrogen-bond acceptors (Lipinski definition) is 0. The van der Waals surface area contributed by atoms with Gasteiger partial charge in [-0.1, -0.05) is 42.9 Å². The molecule has 0 unspecified atom stereocenters. The van der Waals surface area contributed by atoms with Gasteiger partial charge < -0.3 is 0 Å². The second-order valence-corrected chi connectivity index (χ2v) is 0.707. The van der Waals surface area contributed by atoms with Gasteiger partial charge in [0.2, 0.25) is 0 Å². The molecule has 0 radical (unpaired) electrons. The second-order valence-electron chi connectivity index (χ2n) is 0.707. The molecule has 0 saturated heterocycles. The Kier molecular flexibility index (Phi) is 200. The summed E-state index contributed by atoms with van der Waals surface area (Å²) in [6.45, 7) is 10.2. The Hall–Kier alpha value is 0.470. The summed E-state index contributed by atoms with van der Waals surface area (Å²) < 4.78 is 0. The van der Waals surface area contributed by atoms with E-state index in [1.54, 1.807) is 0 Å². The molecule has 46 valence electrons. The van der Waals surface area contributed by atoms with E-state index in [4.69, 9.17) is 0 Å². The first kappa shape index (κ1) is 15.6. The molecule has 0 heterocycles. The van der Waals surface area contributed by atoms with Crippen molar-refractivity contribution in [2.24, 2.45) is 0 Å². The molecule has 0 atom stereocenters. The van der Waals surface area contributed by atoms with E-state index in [0.717, 1.165) is 0 Å². The van der Waals surface area contributed by atoms with Crippen LogP contribution in [-0.4, -0.2) is 4.93 Å². The van der Waals surface area contributed by atoms with Gasteiger partial charge in [-0.25, -0.2) is 0 Å². The molecular weight excluding hydrogens is 199 g/mol. The molecular formula is C6H15I. The monoisotopic (exact) mass is 214 g/mol. The van der Waals surface area contributed by atoms with Gasteiger partial charge in [0.05, 0.1) is 0 Å². The molecule has 0 N–H and O–H groups in total. The fourth-order valence-electron chi connectivity index (χ4n) is 0. The topological polar surface area (TPSA) is 0 Å². The van der Waals surface area contributed by atoms with Crippen molar-refractivity contribution in [1.29, 1.82) is 0 Å². The average Bonchev–Trinajstić information content (AvgIpc) is 1.78. The molecule has 0 aliphatic heterocycles. The fraction of sp³-hybridized carbons (Fsp3) is 0.667. The Morgan fingerprint density at radius 3 is 1.14 bits per heavy atom. The van der Waals surface area contributed by atoms with E-state index in [-0.39, 0.29) is 0 Å². The normalized spacial score (nSPS) is 4.00. The Bertz CT molecular complexity index is 8.14. The van der Waals surface area contributed by atoms with Crippen LogP contribution < -0.4 is 0 Å². The van der Waals surface area contributed by atoms with Crippen molar-refractivity contribution in [2.75, 3.05) is 4.93 Å². The van der Waals surface area contributed by atoms with Gasteiger partial charge in [0.1, 0.15) is 0 Å². The molecule has 0 aromatic carbocycles. The van der Waals surface area contributed by atoms with Crippen molar-refractivity contribution in [1.82, 2.24) is 0 Å². The molecule has 0 aromatic heterocycles. The third kappa shape index (κ3) is 585. The summed E-state index contributed by atoms with van der Waals surface area (Å²) in [5, 5.41) is 0. The molecule has 0 aliphatic rings. The lowest BCUT2D eigenvalue weighted by Gasteiger charge is -1.48. The van der Waals surface area contributed by atoms with Crippen LogP contribution in [0, 0.1) is 0 Å². The highest BCUT2D eigenvalue weighted by Gasteiger charge is 1.35. The van der Waals surface area contributed by atoms with E-state index in [1.165, 1.54) is 6.42 Å².